The maximum Gasteiger partial charge on any atom is 0.223 e. The number of piperazine rings is 1. The lowest BCUT2D eigenvalue weighted by atomic mass is 10.2. The topological polar surface area (TPSA) is 72.9 Å². The molecule has 0 aromatic rings. The summed E-state index contributed by atoms with van der Waals surface area (Å²) in [4.78, 5) is 26.7. The summed E-state index contributed by atoms with van der Waals surface area (Å²) in [5.74, 6) is -0.0606. The molecule has 0 atom stereocenters. The summed E-state index contributed by atoms with van der Waals surface area (Å²) in [6, 6.07) is 0. The van der Waals surface area contributed by atoms with Crippen molar-refractivity contribution in [3.63, 3.8) is 0 Å². The van der Waals surface area contributed by atoms with Gasteiger partial charge >= 0.3 is 0 Å². The summed E-state index contributed by atoms with van der Waals surface area (Å²) < 4.78 is 0. The van der Waals surface area contributed by atoms with Crippen LogP contribution in [0.2, 0.25) is 0 Å². The molecule has 0 spiro atoms. The average Bonchev–Trinajstić information content (AvgIpc) is 2.36. The van der Waals surface area contributed by atoms with Gasteiger partial charge in [0.25, 0.3) is 0 Å². The lowest BCUT2D eigenvalue weighted by Crippen LogP contribution is -2.49. The van der Waals surface area contributed by atoms with E-state index in [-0.39, 0.29) is 31.3 Å². The number of amides is 2. The van der Waals surface area contributed by atoms with Crippen molar-refractivity contribution in [1.82, 2.24) is 15.1 Å². The second-order valence-electron chi connectivity index (χ2n) is 4.12. The highest BCUT2D eigenvalue weighted by Gasteiger charge is 2.20. The van der Waals surface area contributed by atoms with Gasteiger partial charge < -0.3 is 15.3 Å². The van der Waals surface area contributed by atoms with E-state index >= 15 is 0 Å². The van der Waals surface area contributed by atoms with E-state index in [4.69, 9.17) is 5.11 Å². The van der Waals surface area contributed by atoms with E-state index in [0.29, 0.717) is 19.6 Å². The van der Waals surface area contributed by atoms with Crippen molar-refractivity contribution < 1.29 is 14.7 Å². The Kier molecular flexibility index (Phi) is 5.93. The number of aliphatic hydroxyl groups excluding tert-OH is 1. The molecule has 0 aromatic heterocycles. The number of carbonyl (C=O) groups excluding carboxylic acids is 2. The molecule has 2 N–H and O–H groups in total. The summed E-state index contributed by atoms with van der Waals surface area (Å²) in [6.45, 7) is 3.79. The fourth-order valence-electron chi connectivity index (χ4n) is 1.87. The standard InChI is InChI=1S/C11H21N3O3/c1-12-10(16)2-3-11(17)14-6-4-13(5-7-14)8-9-15/h15H,2-9H2,1H3,(H,12,16). The molecule has 98 valence electrons. The number of hydrogen-bond acceptors (Lipinski definition) is 4. The SMILES string of the molecule is CNC(=O)CCC(=O)N1CCN(CCO)CC1. The highest BCUT2D eigenvalue weighted by Crippen LogP contribution is 2.04. The fraction of sp³-hybridized carbons (Fsp3) is 0.818. The van der Waals surface area contributed by atoms with E-state index in [1.807, 2.05) is 0 Å². The van der Waals surface area contributed by atoms with Gasteiger partial charge in [0.15, 0.2) is 0 Å². The van der Waals surface area contributed by atoms with Crippen LogP contribution in [-0.2, 0) is 9.59 Å². The molecule has 0 saturated carbocycles. The summed E-state index contributed by atoms with van der Waals surface area (Å²) in [7, 11) is 1.57. The second kappa shape index (κ2) is 7.24. The molecule has 0 aliphatic carbocycles. The van der Waals surface area contributed by atoms with Gasteiger partial charge in [0.1, 0.15) is 0 Å². The Hall–Kier alpha value is -1.14. The zero-order valence-corrected chi connectivity index (χ0v) is 10.3. The monoisotopic (exact) mass is 243 g/mol. The quantitative estimate of drug-likeness (QED) is 0.626. The normalized spacial score (nSPS) is 16.9. The number of nitrogens with zero attached hydrogens (tertiary/aromatic N) is 2. The largest absolute Gasteiger partial charge is 0.395 e. The third kappa shape index (κ3) is 4.70. The van der Waals surface area contributed by atoms with Crippen LogP contribution >= 0.6 is 0 Å². The van der Waals surface area contributed by atoms with E-state index in [1.54, 1.807) is 11.9 Å². The Balaban J connectivity index is 2.23. The predicted molar refractivity (Wildman–Crippen MR) is 63.4 cm³/mol. The van der Waals surface area contributed by atoms with Crippen LogP contribution in [-0.4, -0.2) is 73.1 Å². The number of rotatable bonds is 5. The Morgan fingerprint density at radius 2 is 1.82 bits per heavy atom. The van der Waals surface area contributed by atoms with Crippen LogP contribution in [0.4, 0.5) is 0 Å². The second-order valence-corrected chi connectivity index (χ2v) is 4.12. The van der Waals surface area contributed by atoms with Crippen LogP contribution in [0.1, 0.15) is 12.8 Å². The van der Waals surface area contributed by atoms with Crippen LogP contribution in [0.25, 0.3) is 0 Å². The Labute approximate surface area is 102 Å². The maximum atomic E-state index is 11.8. The van der Waals surface area contributed by atoms with Gasteiger partial charge in [0.05, 0.1) is 6.61 Å². The molecule has 1 aliphatic heterocycles. The third-order valence-electron chi connectivity index (χ3n) is 2.99. The molecule has 1 rings (SSSR count). The number of aliphatic hydroxyl groups is 1. The zero-order valence-electron chi connectivity index (χ0n) is 10.3. The maximum absolute atomic E-state index is 11.8. The first-order chi connectivity index (χ1) is 8.17. The van der Waals surface area contributed by atoms with Gasteiger partial charge in [-0.15, -0.1) is 0 Å². The molecule has 1 saturated heterocycles. The first-order valence-corrected chi connectivity index (χ1v) is 5.99. The average molecular weight is 243 g/mol. The van der Waals surface area contributed by atoms with Crippen LogP contribution in [0.3, 0.4) is 0 Å². The molecule has 1 heterocycles. The summed E-state index contributed by atoms with van der Waals surface area (Å²) in [5, 5.41) is 11.3. The Bertz CT molecular complexity index is 263. The van der Waals surface area contributed by atoms with Crippen molar-refractivity contribution in [2.75, 3.05) is 46.4 Å². The molecule has 1 aliphatic rings. The Morgan fingerprint density at radius 1 is 1.18 bits per heavy atom. The van der Waals surface area contributed by atoms with E-state index in [0.717, 1.165) is 13.1 Å². The summed E-state index contributed by atoms with van der Waals surface area (Å²) in [5.41, 5.74) is 0. The minimum Gasteiger partial charge on any atom is -0.395 e. The molecule has 0 unspecified atom stereocenters. The number of hydrogen-bond donors (Lipinski definition) is 2. The number of carbonyl (C=O) groups is 2. The Morgan fingerprint density at radius 3 is 2.35 bits per heavy atom. The molecule has 6 nitrogen and oxygen atoms in total. The molecule has 0 radical (unpaired) electrons. The minimum atomic E-state index is -0.0998. The minimum absolute atomic E-state index is 0.0391. The van der Waals surface area contributed by atoms with Gasteiger partial charge in [-0.25, -0.2) is 0 Å². The number of β-amino-alcohol motifs (C(OH)–C–C–N with tert-alkyl or cyclic N) is 1. The van der Waals surface area contributed by atoms with Crippen LogP contribution in [0.15, 0.2) is 0 Å². The molecule has 0 aromatic carbocycles. The van der Waals surface area contributed by atoms with Gasteiger partial charge in [-0.2, -0.15) is 0 Å². The third-order valence-corrected chi connectivity index (χ3v) is 2.99. The van der Waals surface area contributed by atoms with Gasteiger partial charge in [-0.05, 0) is 0 Å². The summed E-state index contributed by atoms with van der Waals surface area (Å²) in [6.07, 6.45) is 0.534. The molecule has 17 heavy (non-hydrogen) atoms. The smallest absolute Gasteiger partial charge is 0.223 e. The highest BCUT2D eigenvalue weighted by molar-refractivity contribution is 5.83. The van der Waals surface area contributed by atoms with Gasteiger partial charge in [0, 0.05) is 52.6 Å². The molecule has 2 amide bonds. The van der Waals surface area contributed by atoms with Crippen molar-refractivity contribution in [2.45, 2.75) is 12.8 Å². The molecule has 6 heteroatoms. The van der Waals surface area contributed by atoms with Gasteiger partial charge in [-0.3, -0.25) is 14.5 Å². The molecular weight excluding hydrogens is 222 g/mol. The summed E-state index contributed by atoms with van der Waals surface area (Å²) >= 11 is 0. The lowest BCUT2D eigenvalue weighted by Gasteiger charge is -2.34. The van der Waals surface area contributed by atoms with Crippen molar-refractivity contribution in [1.29, 1.82) is 0 Å². The van der Waals surface area contributed by atoms with E-state index < -0.39 is 0 Å². The molecular formula is C11H21N3O3. The van der Waals surface area contributed by atoms with E-state index in [2.05, 4.69) is 10.2 Å². The first-order valence-electron chi connectivity index (χ1n) is 5.99. The molecule has 0 bridgehead atoms. The van der Waals surface area contributed by atoms with Gasteiger partial charge in [-0.1, -0.05) is 0 Å². The van der Waals surface area contributed by atoms with E-state index in [9.17, 15) is 9.59 Å². The van der Waals surface area contributed by atoms with Crippen molar-refractivity contribution in [2.24, 2.45) is 0 Å². The van der Waals surface area contributed by atoms with Crippen LogP contribution < -0.4 is 5.32 Å². The fourth-order valence-corrected chi connectivity index (χ4v) is 1.87. The lowest BCUT2D eigenvalue weighted by molar-refractivity contribution is -0.135. The van der Waals surface area contributed by atoms with Crippen molar-refractivity contribution >= 4 is 11.8 Å². The van der Waals surface area contributed by atoms with Crippen LogP contribution in [0, 0.1) is 0 Å². The highest BCUT2D eigenvalue weighted by atomic mass is 16.3. The van der Waals surface area contributed by atoms with Gasteiger partial charge in [0.2, 0.25) is 11.8 Å². The molecule has 1 fully saturated rings. The first kappa shape index (κ1) is 13.9. The van der Waals surface area contributed by atoms with Crippen molar-refractivity contribution in [3.05, 3.63) is 0 Å². The van der Waals surface area contributed by atoms with Crippen LogP contribution in [0.5, 0.6) is 0 Å². The predicted octanol–water partition coefficient (Wildman–Crippen LogP) is -1.35. The van der Waals surface area contributed by atoms with Crippen molar-refractivity contribution in [3.8, 4) is 0 Å². The number of nitrogens with one attached hydrogen (secondary N) is 1. The zero-order chi connectivity index (χ0) is 12.7. The van der Waals surface area contributed by atoms with E-state index in [1.165, 1.54) is 0 Å².